The van der Waals surface area contributed by atoms with Gasteiger partial charge in [-0.05, 0) is 37.0 Å². The maximum atomic E-state index is 13.7. The zero-order chi connectivity index (χ0) is 19.5. The van der Waals surface area contributed by atoms with Crippen molar-refractivity contribution in [2.24, 2.45) is 5.92 Å². The molecule has 0 spiro atoms. The van der Waals surface area contributed by atoms with Crippen molar-refractivity contribution in [2.45, 2.75) is 25.8 Å². The second-order valence-electron chi connectivity index (χ2n) is 7.21. The zero-order valence-corrected chi connectivity index (χ0v) is 16.4. The lowest BCUT2D eigenvalue weighted by Gasteiger charge is -2.26. The van der Waals surface area contributed by atoms with Gasteiger partial charge in [0.1, 0.15) is 5.82 Å². The molecule has 1 N–H and O–H groups in total. The van der Waals surface area contributed by atoms with Crippen LogP contribution in [-0.4, -0.2) is 43.0 Å². The summed E-state index contributed by atoms with van der Waals surface area (Å²) in [6, 6.07) is 8.42. The molecule has 148 valence electrons. The Morgan fingerprint density at radius 3 is 2.82 bits per heavy atom. The third-order valence-electron chi connectivity index (χ3n) is 5.37. The Morgan fingerprint density at radius 2 is 2.04 bits per heavy atom. The molecule has 5 nitrogen and oxygen atoms in total. The monoisotopic (exact) mass is 402 g/mol. The van der Waals surface area contributed by atoms with Gasteiger partial charge in [0.25, 0.3) is 5.91 Å². The number of rotatable bonds is 4. The summed E-state index contributed by atoms with van der Waals surface area (Å²) in [7, 11) is 0. The van der Waals surface area contributed by atoms with Crippen LogP contribution in [0.3, 0.4) is 0 Å². The number of carbonyl (C=O) groups excluding carboxylic acids is 2. The van der Waals surface area contributed by atoms with Gasteiger partial charge in [0, 0.05) is 36.0 Å². The van der Waals surface area contributed by atoms with Crippen LogP contribution in [0, 0.1) is 11.7 Å². The number of halogens is 1. The first kappa shape index (κ1) is 19.1. The van der Waals surface area contributed by atoms with E-state index in [1.807, 2.05) is 11.0 Å². The summed E-state index contributed by atoms with van der Waals surface area (Å²) in [6.45, 7) is 2.62. The lowest BCUT2D eigenvalue weighted by molar-refractivity contribution is -0.125. The first-order valence-corrected chi connectivity index (χ1v) is 10.4. The highest BCUT2D eigenvalue weighted by atomic mass is 32.1. The first-order valence-electron chi connectivity index (χ1n) is 9.61. The van der Waals surface area contributed by atoms with Crippen molar-refractivity contribution in [3.05, 3.63) is 57.0 Å². The second kappa shape index (κ2) is 8.41. The Balaban J connectivity index is 1.37. The Labute approximate surface area is 167 Å². The summed E-state index contributed by atoms with van der Waals surface area (Å²) in [4.78, 5) is 29.0. The van der Waals surface area contributed by atoms with Crippen molar-refractivity contribution >= 4 is 23.2 Å². The fourth-order valence-corrected chi connectivity index (χ4v) is 4.92. The van der Waals surface area contributed by atoms with Gasteiger partial charge in [-0.25, -0.2) is 4.39 Å². The molecule has 1 saturated heterocycles. The molecule has 1 fully saturated rings. The highest BCUT2D eigenvalue weighted by Crippen LogP contribution is 2.33. The Kier molecular flexibility index (Phi) is 5.73. The molecule has 0 radical (unpaired) electrons. The summed E-state index contributed by atoms with van der Waals surface area (Å²) >= 11 is 1.55. The summed E-state index contributed by atoms with van der Waals surface area (Å²) in [5, 5.41) is 2.86. The molecule has 0 bridgehead atoms. The van der Waals surface area contributed by atoms with Crippen LogP contribution in [0.5, 0.6) is 0 Å². The third-order valence-corrected chi connectivity index (χ3v) is 6.60. The molecule has 4 rings (SSSR count). The molecule has 1 aromatic heterocycles. The maximum Gasteiger partial charge on any atom is 0.264 e. The number of aryl methyl sites for hydroxylation is 1. The Hall–Kier alpha value is -2.25. The van der Waals surface area contributed by atoms with Gasteiger partial charge in [0.15, 0.2) is 0 Å². The van der Waals surface area contributed by atoms with Crippen molar-refractivity contribution in [3.8, 4) is 0 Å². The van der Waals surface area contributed by atoms with E-state index in [1.165, 1.54) is 10.9 Å². The fourth-order valence-electron chi connectivity index (χ4n) is 3.74. The van der Waals surface area contributed by atoms with Crippen LogP contribution < -0.4 is 5.32 Å². The molecule has 0 unspecified atom stereocenters. The molecule has 1 atom stereocenters. The highest BCUT2D eigenvalue weighted by molar-refractivity contribution is 7.14. The van der Waals surface area contributed by atoms with Gasteiger partial charge in [-0.2, -0.15) is 0 Å². The molecule has 2 aromatic rings. The van der Waals surface area contributed by atoms with Gasteiger partial charge in [-0.3, -0.25) is 9.59 Å². The van der Waals surface area contributed by atoms with E-state index in [0.29, 0.717) is 38.3 Å². The largest absolute Gasteiger partial charge is 0.378 e. The van der Waals surface area contributed by atoms with Crippen molar-refractivity contribution in [2.75, 3.05) is 26.3 Å². The molecule has 1 aliphatic heterocycles. The van der Waals surface area contributed by atoms with Gasteiger partial charge in [-0.15, -0.1) is 11.3 Å². The summed E-state index contributed by atoms with van der Waals surface area (Å²) in [5.41, 5.74) is 1.58. The number of ether oxygens (including phenoxy) is 1. The van der Waals surface area contributed by atoms with E-state index in [0.717, 1.165) is 23.3 Å². The topological polar surface area (TPSA) is 58.6 Å². The molecule has 1 aromatic carbocycles. The Bertz CT molecular complexity index is 876. The smallest absolute Gasteiger partial charge is 0.264 e. The van der Waals surface area contributed by atoms with Crippen LogP contribution in [0.15, 0.2) is 30.3 Å². The van der Waals surface area contributed by atoms with Gasteiger partial charge < -0.3 is 15.0 Å². The molecule has 2 heterocycles. The molecule has 0 saturated carbocycles. The van der Waals surface area contributed by atoms with Crippen LogP contribution in [0.25, 0.3) is 0 Å². The number of amides is 2. The van der Waals surface area contributed by atoms with E-state index in [9.17, 15) is 14.0 Å². The zero-order valence-electron chi connectivity index (χ0n) is 15.6. The Morgan fingerprint density at radius 1 is 1.25 bits per heavy atom. The third kappa shape index (κ3) is 4.10. The van der Waals surface area contributed by atoms with Crippen LogP contribution in [0.1, 0.15) is 32.1 Å². The van der Waals surface area contributed by atoms with E-state index >= 15 is 0 Å². The van der Waals surface area contributed by atoms with Crippen molar-refractivity contribution < 1.29 is 18.7 Å². The standard InChI is InChI=1S/C21H23FN2O3S/c22-17-4-2-1-3-15(17)13-23-20(25)14-5-6-18-16(11-14)12-19(28-18)21(26)24-7-9-27-10-8-24/h1-4,12,14H,5-11,13H2,(H,23,25)/t14-/m1/s1. The number of nitrogens with one attached hydrogen (secondary N) is 1. The lowest BCUT2D eigenvalue weighted by atomic mass is 9.87. The number of hydrogen-bond acceptors (Lipinski definition) is 4. The van der Waals surface area contributed by atoms with Gasteiger partial charge in [0.05, 0.1) is 18.1 Å². The number of nitrogens with zero attached hydrogens (tertiary/aromatic N) is 1. The van der Waals surface area contributed by atoms with E-state index in [1.54, 1.807) is 29.5 Å². The molecule has 7 heteroatoms. The molecular formula is C21H23FN2O3S. The van der Waals surface area contributed by atoms with Crippen LogP contribution in [-0.2, 0) is 28.9 Å². The number of fused-ring (bicyclic) bond motifs is 1. The first-order chi connectivity index (χ1) is 13.6. The van der Waals surface area contributed by atoms with E-state index < -0.39 is 0 Å². The maximum absolute atomic E-state index is 13.7. The predicted octanol–water partition coefficient (Wildman–Crippen LogP) is 2.78. The van der Waals surface area contributed by atoms with Gasteiger partial charge in [-0.1, -0.05) is 18.2 Å². The number of hydrogen-bond donors (Lipinski definition) is 1. The van der Waals surface area contributed by atoms with E-state index in [2.05, 4.69) is 5.32 Å². The van der Waals surface area contributed by atoms with Gasteiger partial charge >= 0.3 is 0 Å². The number of morpholine rings is 1. The molecule has 2 aliphatic rings. The fraction of sp³-hybridized carbons (Fsp3) is 0.429. The SMILES string of the molecule is O=C(NCc1ccccc1F)[C@@H]1CCc2sc(C(=O)N3CCOCC3)cc2C1. The average molecular weight is 402 g/mol. The second-order valence-corrected chi connectivity index (χ2v) is 8.35. The molecular weight excluding hydrogens is 379 g/mol. The predicted molar refractivity (Wildman–Crippen MR) is 105 cm³/mol. The number of benzene rings is 1. The normalized spacial score (nSPS) is 19.2. The minimum Gasteiger partial charge on any atom is -0.378 e. The average Bonchev–Trinajstić information content (AvgIpc) is 3.16. The van der Waals surface area contributed by atoms with Crippen molar-refractivity contribution in [1.82, 2.24) is 10.2 Å². The summed E-state index contributed by atoms with van der Waals surface area (Å²) in [5.74, 6) is -0.442. The lowest BCUT2D eigenvalue weighted by Crippen LogP contribution is -2.40. The quantitative estimate of drug-likeness (QED) is 0.856. The molecule has 2 amide bonds. The van der Waals surface area contributed by atoms with Crippen LogP contribution >= 0.6 is 11.3 Å². The molecule has 28 heavy (non-hydrogen) atoms. The van der Waals surface area contributed by atoms with Crippen LogP contribution in [0.4, 0.5) is 4.39 Å². The minimum atomic E-state index is -0.308. The number of carbonyl (C=O) groups is 2. The van der Waals surface area contributed by atoms with E-state index in [4.69, 9.17) is 4.74 Å². The van der Waals surface area contributed by atoms with Crippen molar-refractivity contribution in [3.63, 3.8) is 0 Å². The van der Waals surface area contributed by atoms with E-state index in [-0.39, 0.29) is 30.1 Å². The molecule has 1 aliphatic carbocycles. The van der Waals surface area contributed by atoms with Crippen LogP contribution in [0.2, 0.25) is 0 Å². The summed E-state index contributed by atoms with van der Waals surface area (Å²) in [6.07, 6.45) is 2.18. The number of thiophene rings is 1. The summed E-state index contributed by atoms with van der Waals surface area (Å²) < 4.78 is 19.0. The van der Waals surface area contributed by atoms with Crippen molar-refractivity contribution in [1.29, 1.82) is 0 Å². The highest BCUT2D eigenvalue weighted by Gasteiger charge is 2.29. The minimum absolute atomic E-state index is 0.0545. The van der Waals surface area contributed by atoms with Gasteiger partial charge in [0.2, 0.25) is 5.91 Å².